The molecule has 2 aromatic rings. The van der Waals surface area contributed by atoms with Crippen LogP contribution in [-0.2, 0) is 0 Å². The Labute approximate surface area is 134 Å². The summed E-state index contributed by atoms with van der Waals surface area (Å²) in [5.41, 5.74) is 0. The van der Waals surface area contributed by atoms with Crippen LogP contribution in [0.2, 0.25) is 0 Å². The highest BCUT2D eigenvalue weighted by molar-refractivity contribution is 7.10. The molecule has 3 rings (SSSR count). The van der Waals surface area contributed by atoms with Gasteiger partial charge in [0, 0.05) is 28.9 Å². The quantitative estimate of drug-likeness (QED) is 0.873. The summed E-state index contributed by atoms with van der Waals surface area (Å²) in [5.74, 6) is 1.33. The Bertz CT molecular complexity index is 544. The van der Waals surface area contributed by atoms with E-state index in [0.29, 0.717) is 12.0 Å². The van der Waals surface area contributed by atoms with E-state index >= 15 is 0 Å². The second-order valence-corrected chi connectivity index (χ2v) is 7.50. The summed E-state index contributed by atoms with van der Waals surface area (Å²) >= 11 is 3.32. The summed E-state index contributed by atoms with van der Waals surface area (Å²) in [4.78, 5) is 8.60. The molecule has 2 aromatic heterocycles. The third kappa shape index (κ3) is 3.62. The first-order valence-corrected chi connectivity index (χ1v) is 9.24. The number of rotatable bonds is 6. The minimum absolute atomic E-state index is 0.392. The van der Waals surface area contributed by atoms with Crippen molar-refractivity contribution < 1.29 is 0 Å². The van der Waals surface area contributed by atoms with Crippen LogP contribution in [0, 0.1) is 0 Å². The van der Waals surface area contributed by atoms with Gasteiger partial charge in [-0.1, -0.05) is 19.9 Å². The maximum atomic E-state index is 4.57. The van der Waals surface area contributed by atoms with Crippen molar-refractivity contribution in [1.82, 2.24) is 14.3 Å². The van der Waals surface area contributed by atoms with Gasteiger partial charge in [-0.25, -0.2) is 4.98 Å². The lowest BCUT2D eigenvalue weighted by Gasteiger charge is -2.26. The molecule has 21 heavy (non-hydrogen) atoms. The highest BCUT2D eigenvalue weighted by atomic mass is 32.1. The Balaban J connectivity index is 1.66. The lowest BCUT2D eigenvalue weighted by Crippen LogP contribution is -2.30. The van der Waals surface area contributed by atoms with Crippen molar-refractivity contribution in [2.45, 2.75) is 38.6 Å². The van der Waals surface area contributed by atoms with Crippen LogP contribution >= 0.6 is 22.9 Å². The van der Waals surface area contributed by atoms with Gasteiger partial charge >= 0.3 is 0 Å². The Morgan fingerprint density at radius 1 is 1.33 bits per heavy atom. The zero-order valence-electron chi connectivity index (χ0n) is 12.6. The molecule has 0 spiro atoms. The van der Waals surface area contributed by atoms with Crippen LogP contribution in [0.1, 0.15) is 49.4 Å². The zero-order valence-corrected chi connectivity index (χ0v) is 14.2. The molecule has 6 heteroatoms. The lowest BCUT2D eigenvalue weighted by atomic mass is 10.2. The second-order valence-electron chi connectivity index (χ2n) is 5.77. The fraction of sp³-hybridized carbons (Fsp3) is 0.600. The second kappa shape index (κ2) is 6.85. The molecule has 1 aliphatic heterocycles. The summed E-state index contributed by atoms with van der Waals surface area (Å²) in [6.45, 7) is 7.58. The molecule has 0 aliphatic carbocycles. The van der Waals surface area contributed by atoms with Crippen molar-refractivity contribution in [2.75, 3.05) is 25.0 Å². The molecule has 0 saturated carbocycles. The maximum Gasteiger partial charge on any atom is 0.202 e. The number of nitrogens with one attached hydrogen (secondary N) is 1. The molecule has 1 aliphatic rings. The summed E-state index contributed by atoms with van der Waals surface area (Å²) in [6, 6.07) is 4.85. The van der Waals surface area contributed by atoms with Gasteiger partial charge in [0.15, 0.2) is 0 Å². The normalized spacial score (nSPS) is 17.5. The molecule has 1 saturated heterocycles. The van der Waals surface area contributed by atoms with Crippen LogP contribution in [0.25, 0.3) is 0 Å². The first-order valence-electron chi connectivity index (χ1n) is 7.59. The molecule has 1 fully saturated rings. The van der Waals surface area contributed by atoms with Crippen LogP contribution in [0.4, 0.5) is 5.13 Å². The zero-order chi connectivity index (χ0) is 14.7. The average molecular weight is 323 g/mol. The molecule has 4 nitrogen and oxygen atoms in total. The minimum Gasteiger partial charge on any atom is -0.358 e. The van der Waals surface area contributed by atoms with Crippen molar-refractivity contribution in [3.63, 3.8) is 0 Å². The van der Waals surface area contributed by atoms with E-state index in [1.165, 1.54) is 42.3 Å². The molecule has 1 atom stereocenters. The average Bonchev–Trinajstić information content (AvgIpc) is 3.22. The molecule has 0 aromatic carbocycles. The van der Waals surface area contributed by atoms with E-state index in [1.807, 2.05) is 11.3 Å². The molecular weight excluding hydrogens is 300 g/mol. The van der Waals surface area contributed by atoms with Gasteiger partial charge in [0.05, 0.1) is 6.04 Å². The van der Waals surface area contributed by atoms with Gasteiger partial charge < -0.3 is 5.32 Å². The number of hydrogen-bond acceptors (Lipinski definition) is 6. The molecule has 3 heterocycles. The van der Waals surface area contributed by atoms with E-state index in [4.69, 9.17) is 0 Å². The van der Waals surface area contributed by atoms with Gasteiger partial charge in [0.1, 0.15) is 5.82 Å². The van der Waals surface area contributed by atoms with Crippen molar-refractivity contribution in [3.8, 4) is 0 Å². The van der Waals surface area contributed by atoms with E-state index in [0.717, 1.165) is 17.5 Å². The predicted octanol–water partition coefficient (Wildman–Crippen LogP) is 3.97. The molecule has 0 radical (unpaired) electrons. The largest absolute Gasteiger partial charge is 0.358 e. The number of likely N-dealkylation sites (tertiary alicyclic amines) is 1. The standard InChI is InChI=1S/C15H22N4S2/c1-11(2)14-17-15(21-18-14)16-10-12(13-6-5-9-20-13)19-7-3-4-8-19/h5-6,9,11-12H,3-4,7-8,10H2,1-2H3,(H,16,17,18). The minimum atomic E-state index is 0.392. The van der Waals surface area contributed by atoms with Crippen LogP contribution < -0.4 is 5.32 Å². The molecule has 0 amide bonds. The number of nitrogens with zero attached hydrogens (tertiary/aromatic N) is 3. The van der Waals surface area contributed by atoms with Crippen LogP contribution in [0.3, 0.4) is 0 Å². The van der Waals surface area contributed by atoms with Crippen LogP contribution in [-0.4, -0.2) is 33.9 Å². The number of hydrogen-bond donors (Lipinski definition) is 1. The van der Waals surface area contributed by atoms with E-state index < -0.39 is 0 Å². The number of thiophene rings is 1. The number of aromatic nitrogens is 2. The molecule has 1 unspecified atom stereocenters. The van der Waals surface area contributed by atoms with Gasteiger partial charge in [-0.15, -0.1) is 11.3 Å². The first kappa shape index (κ1) is 14.9. The Hall–Kier alpha value is -0.980. The van der Waals surface area contributed by atoms with Crippen molar-refractivity contribution in [1.29, 1.82) is 0 Å². The van der Waals surface area contributed by atoms with Crippen LogP contribution in [0.5, 0.6) is 0 Å². The van der Waals surface area contributed by atoms with Gasteiger partial charge in [0.25, 0.3) is 0 Å². The van der Waals surface area contributed by atoms with E-state index in [2.05, 4.69) is 50.9 Å². The molecule has 114 valence electrons. The van der Waals surface area contributed by atoms with E-state index in [1.54, 1.807) is 0 Å². The van der Waals surface area contributed by atoms with Crippen molar-refractivity contribution >= 4 is 28.0 Å². The van der Waals surface area contributed by atoms with Gasteiger partial charge in [-0.05, 0) is 37.4 Å². The highest BCUT2D eigenvalue weighted by Gasteiger charge is 2.24. The van der Waals surface area contributed by atoms with Crippen molar-refractivity contribution in [2.24, 2.45) is 0 Å². The van der Waals surface area contributed by atoms with Gasteiger partial charge in [-0.3, -0.25) is 4.90 Å². The fourth-order valence-corrected chi connectivity index (χ4v) is 4.24. The summed E-state index contributed by atoms with van der Waals surface area (Å²) < 4.78 is 4.41. The summed E-state index contributed by atoms with van der Waals surface area (Å²) in [7, 11) is 0. The first-order chi connectivity index (χ1) is 10.2. The Morgan fingerprint density at radius 2 is 2.14 bits per heavy atom. The highest BCUT2D eigenvalue weighted by Crippen LogP contribution is 2.29. The van der Waals surface area contributed by atoms with E-state index in [-0.39, 0.29) is 0 Å². The topological polar surface area (TPSA) is 41.1 Å². The lowest BCUT2D eigenvalue weighted by molar-refractivity contribution is 0.259. The van der Waals surface area contributed by atoms with Gasteiger partial charge in [0.2, 0.25) is 5.13 Å². The monoisotopic (exact) mass is 322 g/mol. The SMILES string of the molecule is CC(C)c1nsc(NCC(c2cccs2)N2CCCC2)n1. The third-order valence-electron chi connectivity index (χ3n) is 3.86. The Kier molecular flexibility index (Phi) is 4.87. The Morgan fingerprint density at radius 3 is 2.76 bits per heavy atom. The molecule has 1 N–H and O–H groups in total. The smallest absolute Gasteiger partial charge is 0.202 e. The van der Waals surface area contributed by atoms with E-state index in [9.17, 15) is 0 Å². The number of anilines is 1. The van der Waals surface area contributed by atoms with Crippen LogP contribution in [0.15, 0.2) is 17.5 Å². The van der Waals surface area contributed by atoms with Crippen molar-refractivity contribution in [3.05, 3.63) is 28.2 Å². The predicted molar refractivity (Wildman–Crippen MR) is 90.4 cm³/mol. The van der Waals surface area contributed by atoms with Gasteiger partial charge in [-0.2, -0.15) is 4.37 Å². The summed E-state index contributed by atoms with van der Waals surface area (Å²) in [6.07, 6.45) is 2.64. The maximum absolute atomic E-state index is 4.57. The summed E-state index contributed by atoms with van der Waals surface area (Å²) in [5, 5.41) is 6.61. The third-order valence-corrected chi connectivity index (χ3v) is 5.52. The fourth-order valence-electron chi connectivity index (χ4n) is 2.67. The molecule has 0 bridgehead atoms. The molecular formula is C15H22N4S2.